The van der Waals surface area contributed by atoms with Crippen molar-refractivity contribution >= 4 is 16.9 Å². The molecule has 1 aromatic heterocycles. The van der Waals surface area contributed by atoms with Gasteiger partial charge in [0.15, 0.2) is 0 Å². The maximum absolute atomic E-state index is 12.6. The van der Waals surface area contributed by atoms with Crippen LogP contribution in [0.5, 0.6) is 0 Å². The molecule has 7 nitrogen and oxygen atoms in total. The summed E-state index contributed by atoms with van der Waals surface area (Å²) in [5.74, 6) is 0.674. The molecule has 2 aromatic rings. The molecule has 3 atom stereocenters. The third-order valence-electron chi connectivity index (χ3n) is 5.27. The molecule has 2 aliphatic rings. The highest BCUT2D eigenvalue weighted by Gasteiger charge is 2.39. The van der Waals surface area contributed by atoms with E-state index in [0.717, 1.165) is 42.8 Å². The molecular formula is C18H24N4O3. The topological polar surface area (TPSA) is 90.5 Å². The van der Waals surface area contributed by atoms with Crippen LogP contribution in [0, 0.1) is 6.92 Å². The van der Waals surface area contributed by atoms with Crippen LogP contribution in [0.25, 0.3) is 11.0 Å². The molecule has 0 bridgehead atoms. The number of aliphatic hydroxyl groups excluding tert-OH is 1. The summed E-state index contributed by atoms with van der Waals surface area (Å²) in [5.41, 5.74) is 2.28. The van der Waals surface area contributed by atoms with Crippen LogP contribution in [0.1, 0.15) is 29.0 Å². The normalized spacial score (nSPS) is 27.7. The van der Waals surface area contributed by atoms with E-state index in [2.05, 4.69) is 20.2 Å². The first kappa shape index (κ1) is 16.5. The molecule has 2 fully saturated rings. The number of aryl methyl sites for hydroxylation is 1. The van der Waals surface area contributed by atoms with Crippen molar-refractivity contribution in [3.8, 4) is 0 Å². The van der Waals surface area contributed by atoms with E-state index in [-0.39, 0.29) is 18.0 Å². The predicted octanol–water partition coefficient (Wildman–Crippen LogP) is 0.825. The lowest BCUT2D eigenvalue weighted by Crippen LogP contribution is -2.51. The molecule has 4 rings (SSSR count). The van der Waals surface area contributed by atoms with Gasteiger partial charge in [-0.3, -0.25) is 9.69 Å². The van der Waals surface area contributed by atoms with Crippen LogP contribution in [0.3, 0.4) is 0 Å². The van der Waals surface area contributed by atoms with Crippen LogP contribution in [-0.4, -0.2) is 70.4 Å². The molecule has 1 saturated carbocycles. The van der Waals surface area contributed by atoms with Gasteiger partial charge in [0.05, 0.1) is 36.4 Å². The Balaban J connectivity index is 1.43. The van der Waals surface area contributed by atoms with Crippen LogP contribution in [-0.2, 0) is 4.74 Å². The van der Waals surface area contributed by atoms with Crippen LogP contribution >= 0.6 is 0 Å². The number of aliphatic hydroxyl groups is 1. The van der Waals surface area contributed by atoms with Crippen LogP contribution in [0.4, 0.5) is 0 Å². The Labute approximate surface area is 146 Å². The summed E-state index contributed by atoms with van der Waals surface area (Å²) < 4.78 is 5.38. The first-order valence-electron chi connectivity index (χ1n) is 8.89. The minimum Gasteiger partial charge on any atom is -0.389 e. The Morgan fingerprint density at radius 3 is 2.96 bits per heavy atom. The number of rotatable bonds is 3. The number of carbonyl (C=O) groups is 1. The molecule has 1 saturated heterocycles. The number of amides is 1. The number of hydrogen-bond donors (Lipinski definition) is 3. The number of carbonyl (C=O) groups excluding carboxylic acids is 1. The third kappa shape index (κ3) is 3.27. The fraction of sp³-hybridized carbons (Fsp3) is 0.556. The molecule has 0 unspecified atom stereocenters. The van der Waals surface area contributed by atoms with Crippen molar-refractivity contribution in [2.75, 3.05) is 26.3 Å². The summed E-state index contributed by atoms with van der Waals surface area (Å²) in [4.78, 5) is 22.4. The molecule has 25 heavy (non-hydrogen) atoms. The van der Waals surface area contributed by atoms with Gasteiger partial charge in [0, 0.05) is 24.7 Å². The van der Waals surface area contributed by atoms with Gasteiger partial charge in [0.2, 0.25) is 0 Å². The molecule has 2 heterocycles. The Kier molecular flexibility index (Phi) is 4.45. The van der Waals surface area contributed by atoms with E-state index in [1.807, 2.05) is 19.1 Å². The zero-order valence-corrected chi connectivity index (χ0v) is 14.4. The largest absolute Gasteiger partial charge is 0.389 e. The Hall–Kier alpha value is -1.96. The zero-order valence-electron chi connectivity index (χ0n) is 14.4. The van der Waals surface area contributed by atoms with Crippen LogP contribution < -0.4 is 5.32 Å². The molecule has 1 amide bonds. The minimum atomic E-state index is -0.541. The van der Waals surface area contributed by atoms with E-state index in [1.165, 1.54) is 0 Å². The van der Waals surface area contributed by atoms with Crippen molar-refractivity contribution in [2.45, 2.75) is 38.0 Å². The zero-order chi connectivity index (χ0) is 17.4. The minimum absolute atomic E-state index is 0.104. The molecule has 0 radical (unpaired) electrons. The summed E-state index contributed by atoms with van der Waals surface area (Å²) in [5, 5.41) is 13.7. The van der Waals surface area contributed by atoms with Gasteiger partial charge in [-0.05, 0) is 38.0 Å². The lowest BCUT2D eigenvalue weighted by molar-refractivity contribution is -0.0154. The summed E-state index contributed by atoms with van der Waals surface area (Å²) in [6.07, 6.45) is 1.14. The second kappa shape index (κ2) is 6.74. The van der Waals surface area contributed by atoms with Gasteiger partial charge < -0.3 is 20.1 Å². The van der Waals surface area contributed by atoms with Crippen molar-refractivity contribution in [1.29, 1.82) is 0 Å². The first-order valence-corrected chi connectivity index (χ1v) is 8.89. The molecule has 134 valence electrons. The molecule has 1 aliphatic carbocycles. The van der Waals surface area contributed by atoms with Gasteiger partial charge in [-0.25, -0.2) is 4.98 Å². The molecule has 0 spiro atoms. The lowest BCUT2D eigenvalue weighted by atomic mass is 10.1. The number of nitrogens with zero attached hydrogens (tertiary/aromatic N) is 2. The third-order valence-corrected chi connectivity index (χ3v) is 5.27. The van der Waals surface area contributed by atoms with Crippen molar-refractivity contribution < 1.29 is 14.6 Å². The average molecular weight is 344 g/mol. The van der Waals surface area contributed by atoms with E-state index in [9.17, 15) is 9.90 Å². The second-order valence-corrected chi connectivity index (χ2v) is 6.92. The fourth-order valence-electron chi connectivity index (χ4n) is 3.96. The van der Waals surface area contributed by atoms with Crippen LogP contribution in [0.15, 0.2) is 18.2 Å². The van der Waals surface area contributed by atoms with E-state index < -0.39 is 6.10 Å². The number of benzene rings is 1. The van der Waals surface area contributed by atoms with Gasteiger partial charge in [-0.2, -0.15) is 0 Å². The number of H-pyrrole nitrogens is 1. The van der Waals surface area contributed by atoms with E-state index in [1.54, 1.807) is 6.07 Å². The number of aromatic nitrogens is 2. The van der Waals surface area contributed by atoms with Crippen LogP contribution in [0.2, 0.25) is 0 Å². The van der Waals surface area contributed by atoms with Crippen molar-refractivity contribution in [2.24, 2.45) is 0 Å². The fourth-order valence-corrected chi connectivity index (χ4v) is 3.96. The van der Waals surface area contributed by atoms with Gasteiger partial charge in [-0.1, -0.05) is 0 Å². The Bertz CT molecular complexity index is 769. The maximum atomic E-state index is 12.6. The summed E-state index contributed by atoms with van der Waals surface area (Å²) in [6, 6.07) is 5.33. The molecule has 7 heteroatoms. The van der Waals surface area contributed by atoms with E-state index >= 15 is 0 Å². The number of fused-ring (bicyclic) bond motifs is 1. The average Bonchev–Trinajstić information content (AvgIpc) is 3.17. The van der Waals surface area contributed by atoms with E-state index in [0.29, 0.717) is 18.8 Å². The van der Waals surface area contributed by atoms with Crippen molar-refractivity contribution in [3.63, 3.8) is 0 Å². The number of hydrogen-bond acceptors (Lipinski definition) is 5. The summed E-state index contributed by atoms with van der Waals surface area (Å²) in [6.45, 7) is 5.00. The Morgan fingerprint density at radius 2 is 2.16 bits per heavy atom. The number of ether oxygens (including phenoxy) is 1. The molecule has 1 aromatic carbocycles. The van der Waals surface area contributed by atoms with E-state index in [4.69, 9.17) is 4.74 Å². The molecule has 1 aliphatic heterocycles. The summed E-state index contributed by atoms with van der Waals surface area (Å²) >= 11 is 0. The van der Waals surface area contributed by atoms with Crippen molar-refractivity contribution in [1.82, 2.24) is 20.2 Å². The highest BCUT2D eigenvalue weighted by Crippen LogP contribution is 2.26. The van der Waals surface area contributed by atoms with Gasteiger partial charge >= 0.3 is 0 Å². The number of nitrogens with one attached hydrogen (secondary N) is 2. The molecular weight excluding hydrogens is 320 g/mol. The number of aromatic amines is 1. The van der Waals surface area contributed by atoms with Gasteiger partial charge in [0.25, 0.3) is 5.91 Å². The highest BCUT2D eigenvalue weighted by molar-refractivity contribution is 5.97. The second-order valence-electron chi connectivity index (χ2n) is 6.92. The molecule has 3 N–H and O–H groups in total. The number of morpholine rings is 1. The van der Waals surface area contributed by atoms with Gasteiger partial charge in [-0.15, -0.1) is 0 Å². The highest BCUT2D eigenvalue weighted by atomic mass is 16.5. The van der Waals surface area contributed by atoms with Gasteiger partial charge in [0.1, 0.15) is 5.82 Å². The maximum Gasteiger partial charge on any atom is 0.251 e. The van der Waals surface area contributed by atoms with Crippen molar-refractivity contribution in [3.05, 3.63) is 29.6 Å². The quantitative estimate of drug-likeness (QED) is 0.767. The Morgan fingerprint density at radius 1 is 1.36 bits per heavy atom. The summed E-state index contributed by atoms with van der Waals surface area (Å²) in [7, 11) is 0. The first-order chi connectivity index (χ1) is 12.1. The monoisotopic (exact) mass is 344 g/mol. The smallest absolute Gasteiger partial charge is 0.251 e. The predicted molar refractivity (Wildman–Crippen MR) is 93.5 cm³/mol. The number of imidazole rings is 1. The SMILES string of the molecule is Cc1nc2ccc(C(=O)N[C@@H]3CC[C@@H](N4CCOCC4)[C@@H]3O)cc2[nH]1. The standard InChI is InChI=1S/C18H24N4O3/c1-11-19-13-3-2-12(10-15(13)20-11)18(24)21-14-4-5-16(17(14)23)22-6-8-25-9-7-22/h2-3,10,14,16-17,23H,4-9H2,1H3,(H,19,20)(H,21,24)/t14-,16-,17-/m1/s1. The lowest BCUT2D eigenvalue weighted by Gasteiger charge is -2.34.